The molecule has 0 radical (unpaired) electrons. The minimum Gasteiger partial charge on any atom is -0.312 e. The van der Waals surface area contributed by atoms with E-state index in [2.05, 4.69) is 10.3 Å². The van der Waals surface area contributed by atoms with Crippen molar-refractivity contribution in [1.29, 1.82) is 0 Å². The third-order valence-electron chi connectivity index (χ3n) is 5.76. The molecule has 1 atom stereocenters. The molecule has 0 fully saturated rings. The summed E-state index contributed by atoms with van der Waals surface area (Å²) in [5, 5.41) is 2.60. The van der Waals surface area contributed by atoms with E-state index in [0.29, 0.717) is 5.56 Å². The minimum atomic E-state index is -1.57. The summed E-state index contributed by atoms with van der Waals surface area (Å²) in [5.41, 5.74) is 6.68. The number of hydrogen-bond donors (Lipinski definition) is 2. The summed E-state index contributed by atoms with van der Waals surface area (Å²) in [6, 6.07) is 26.6. The molecule has 0 saturated carbocycles. The molecule has 1 aromatic heterocycles. The third-order valence-corrected chi connectivity index (χ3v) is 6.23. The number of ketones is 2. The van der Waals surface area contributed by atoms with Gasteiger partial charge in [-0.2, -0.15) is 0 Å². The Morgan fingerprint density at radius 1 is 0.744 bits per heavy atom. The molecule has 0 saturated heterocycles. The van der Waals surface area contributed by atoms with Gasteiger partial charge in [-0.1, -0.05) is 114 Å². The molecule has 0 bridgehead atoms. The largest absolute Gasteiger partial charge is 0.328 e. The first-order chi connectivity index (χ1) is 18.7. The molecule has 5 rings (SSSR count). The highest BCUT2D eigenvalue weighted by Crippen LogP contribution is 2.35. The van der Waals surface area contributed by atoms with E-state index in [-0.39, 0.29) is 17.1 Å². The van der Waals surface area contributed by atoms with Crippen molar-refractivity contribution in [2.75, 3.05) is 0 Å². The number of benzene rings is 3. The summed E-state index contributed by atoms with van der Waals surface area (Å²) in [6.45, 7) is 0. The molecule has 1 aliphatic carbocycles. The number of carbonyl (C=O) groups is 3. The Balaban J connectivity index is 0.000000212. The van der Waals surface area contributed by atoms with Crippen molar-refractivity contribution in [3.63, 3.8) is 0 Å². The lowest BCUT2D eigenvalue weighted by Crippen LogP contribution is -2.59. The van der Waals surface area contributed by atoms with Crippen molar-refractivity contribution < 1.29 is 14.4 Å². The highest BCUT2D eigenvalue weighted by molar-refractivity contribution is 6.51. The first-order valence-electron chi connectivity index (χ1n) is 11.8. The Labute approximate surface area is 235 Å². The highest BCUT2D eigenvalue weighted by atomic mass is 35.5. The average molecular weight is 559 g/mol. The highest BCUT2D eigenvalue weighted by Gasteiger charge is 2.40. The van der Waals surface area contributed by atoms with Gasteiger partial charge in [0.1, 0.15) is 12.0 Å². The lowest BCUT2D eigenvalue weighted by molar-refractivity contribution is 0.101. The van der Waals surface area contributed by atoms with Crippen molar-refractivity contribution >= 4 is 40.8 Å². The number of hydrogen-bond acceptors (Lipinski definition) is 5. The fourth-order valence-corrected chi connectivity index (χ4v) is 4.11. The van der Waals surface area contributed by atoms with E-state index in [9.17, 15) is 14.4 Å². The number of rotatable bonds is 5. The second-order valence-corrected chi connectivity index (χ2v) is 10.0. The Morgan fingerprint density at radius 3 is 1.69 bits per heavy atom. The molecule has 7 nitrogen and oxygen atoms in total. The van der Waals surface area contributed by atoms with Crippen LogP contribution in [0.4, 0.5) is 4.79 Å². The predicted molar refractivity (Wildman–Crippen MR) is 152 cm³/mol. The van der Waals surface area contributed by atoms with E-state index >= 15 is 0 Å². The van der Waals surface area contributed by atoms with Gasteiger partial charge in [-0.3, -0.25) is 14.2 Å². The van der Waals surface area contributed by atoms with Crippen LogP contribution in [0.25, 0.3) is 0 Å². The summed E-state index contributed by atoms with van der Waals surface area (Å²) < 4.78 is -0.196. The molecule has 39 heavy (non-hydrogen) atoms. The van der Waals surface area contributed by atoms with Gasteiger partial charge in [-0.15, -0.1) is 0 Å². The zero-order chi connectivity index (χ0) is 27.9. The molecule has 0 aliphatic heterocycles. The SMILES string of the molecule is NC1(NC(=O)n2ccnc2)C=CC(Cl)(Cl)C=C1C(=O)c1ccccc1.O=C(c1ccccc1)c1ccccc1. The van der Waals surface area contributed by atoms with Crippen molar-refractivity contribution in [1.82, 2.24) is 14.9 Å². The van der Waals surface area contributed by atoms with Crippen LogP contribution >= 0.6 is 23.2 Å². The van der Waals surface area contributed by atoms with Gasteiger partial charge in [-0.25, -0.2) is 9.78 Å². The van der Waals surface area contributed by atoms with Gasteiger partial charge in [0.15, 0.2) is 15.9 Å². The second-order valence-electron chi connectivity index (χ2n) is 8.59. The number of alkyl halides is 2. The Bertz CT molecular complexity index is 1460. The number of Topliss-reactive ketones (excluding diaryl/α,β-unsaturated/α-hetero) is 1. The molecule has 1 amide bonds. The molecule has 196 valence electrons. The van der Waals surface area contributed by atoms with Crippen LogP contribution in [0.1, 0.15) is 26.3 Å². The van der Waals surface area contributed by atoms with Crippen LogP contribution < -0.4 is 11.1 Å². The number of nitrogens with two attached hydrogens (primary N) is 1. The summed E-state index contributed by atoms with van der Waals surface area (Å²) in [4.78, 5) is 40.9. The Morgan fingerprint density at radius 2 is 1.23 bits per heavy atom. The number of aromatic nitrogens is 2. The maximum absolute atomic E-state index is 12.9. The third kappa shape index (κ3) is 6.97. The number of halogens is 2. The van der Waals surface area contributed by atoms with E-state index in [1.807, 2.05) is 60.7 Å². The maximum Gasteiger partial charge on any atom is 0.328 e. The number of imidazole rings is 1. The molecular weight excluding hydrogens is 535 g/mol. The predicted octanol–water partition coefficient (Wildman–Crippen LogP) is 5.57. The molecule has 1 heterocycles. The van der Waals surface area contributed by atoms with Gasteiger partial charge in [-0.05, 0) is 18.2 Å². The molecule has 3 N–H and O–H groups in total. The summed E-state index contributed by atoms with van der Waals surface area (Å²) in [5.74, 6) is -0.310. The molecule has 3 aromatic carbocycles. The topological polar surface area (TPSA) is 107 Å². The van der Waals surface area contributed by atoms with Gasteiger partial charge in [0.05, 0.1) is 0 Å². The number of nitrogens with one attached hydrogen (secondary N) is 1. The average Bonchev–Trinajstić information content (AvgIpc) is 3.51. The molecular formula is C30H24Cl2N4O3. The number of carbonyl (C=O) groups excluding carboxylic acids is 3. The van der Waals surface area contributed by atoms with Crippen LogP contribution in [0.15, 0.2) is 134 Å². The van der Waals surface area contributed by atoms with Crippen LogP contribution in [-0.2, 0) is 0 Å². The number of allylic oxidation sites excluding steroid dienone is 2. The van der Waals surface area contributed by atoms with Crippen molar-refractivity contribution in [3.8, 4) is 0 Å². The van der Waals surface area contributed by atoms with E-state index in [1.165, 1.54) is 41.5 Å². The van der Waals surface area contributed by atoms with Crippen molar-refractivity contribution in [3.05, 3.63) is 150 Å². The molecule has 9 heteroatoms. The van der Waals surface area contributed by atoms with Gasteiger partial charge in [0.2, 0.25) is 0 Å². The lowest BCUT2D eigenvalue weighted by atomic mass is 9.87. The quantitative estimate of drug-likeness (QED) is 0.144. The first-order valence-corrected chi connectivity index (χ1v) is 12.6. The van der Waals surface area contributed by atoms with Crippen LogP contribution in [-0.4, -0.2) is 37.1 Å². The smallest absolute Gasteiger partial charge is 0.312 e. The van der Waals surface area contributed by atoms with Gasteiger partial charge in [0.25, 0.3) is 0 Å². The summed E-state index contributed by atoms with van der Waals surface area (Å²) in [6.07, 6.45) is 8.37. The van der Waals surface area contributed by atoms with E-state index in [0.717, 1.165) is 11.1 Å². The van der Waals surface area contributed by atoms with Crippen molar-refractivity contribution in [2.45, 2.75) is 10.00 Å². The monoisotopic (exact) mass is 558 g/mol. The maximum atomic E-state index is 12.9. The number of nitrogens with zero attached hydrogens (tertiary/aromatic N) is 2. The van der Waals surface area contributed by atoms with Crippen LogP contribution in [0.3, 0.4) is 0 Å². The van der Waals surface area contributed by atoms with E-state index in [4.69, 9.17) is 28.9 Å². The molecule has 4 aromatic rings. The summed E-state index contributed by atoms with van der Waals surface area (Å²) in [7, 11) is 0. The standard InChI is InChI=1S/C17H14Cl2N4O2.C13H10O/c18-16(19)6-7-17(20,22-15(25)23-9-8-21-11-23)13(10-16)14(24)12-4-2-1-3-5-12;14-13(11-7-3-1-4-8-11)12-9-5-2-6-10-12/h1-11H,20H2,(H,22,25);1-10H. The van der Waals surface area contributed by atoms with Crippen LogP contribution in [0.5, 0.6) is 0 Å². The summed E-state index contributed by atoms with van der Waals surface area (Å²) >= 11 is 12.3. The van der Waals surface area contributed by atoms with Gasteiger partial charge in [0, 0.05) is 34.7 Å². The van der Waals surface area contributed by atoms with Crippen LogP contribution in [0.2, 0.25) is 0 Å². The Kier molecular flexibility index (Phi) is 8.56. The van der Waals surface area contributed by atoms with Gasteiger partial charge >= 0.3 is 6.03 Å². The molecule has 1 aliphatic rings. The lowest BCUT2D eigenvalue weighted by Gasteiger charge is -2.34. The molecule has 1 unspecified atom stereocenters. The second kappa shape index (κ2) is 12.0. The molecule has 0 spiro atoms. The first kappa shape index (κ1) is 27.7. The van der Waals surface area contributed by atoms with E-state index in [1.54, 1.807) is 30.3 Å². The fraction of sp³-hybridized carbons (Fsp3) is 0.0667. The fourth-order valence-electron chi connectivity index (χ4n) is 3.77. The Hall–Kier alpha value is -4.30. The van der Waals surface area contributed by atoms with E-state index < -0.39 is 16.0 Å². The van der Waals surface area contributed by atoms with Gasteiger partial charge < -0.3 is 11.1 Å². The van der Waals surface area contributed by atoms with Crippen LogP contribution in [0, 0.1) is 0 Å². The zero-order valence-corrected chi connectivity index (χ0v) is 22.1. The zero-order valence-electron chi connectivity index (χ0n) is 20.6. The normalized spacial score (nSPS) is 17.3. The number of amides is 1. The van der Waals surface area contributed by atoms with Crippen molar-refractivity contribution in [2.24, 2.45) is 5.73 Å². The minimum absolute atomic E-state index is 0.0691.